The lowest BCUT2D eigenvalue weighted by Crippen LogP contribution is -2.04. The summed E-state index contributed by atoms with van der Waals surface area (Å²) in [5.41, 5.74) is 2.17. The molecule has 0 aliphatic carbocycles. The molecule has 21 heavy (non-hydrogen) atoms. The van der Waals surface area contributed by atoms with Gasteiger partial charge in [-0.1, -0.05) is 53.5 Å². The molecule has 3 rings (SSSR count). The van der Waals surface area contributed by atoms with E-state index in [1.165, 1.54) is 0 Å². The van der Waals surface area contributed by atoms with Crippen LogP contribution in [0.4, 0.5) is 0 Å². The number of fused-ring (bicyclic) bond motifs is 1. The Morgan fingerprint density at radius 2 is 1.57 bits per heavy atom. The number of benzene rings is 3. The predicted molar refractivity (Wildman–Crippen MR) is 88.6 cm³/mol. The maximum absolute atomic E-state index is 12.8. The largest absolute Gasteiger partial charge is 0.289 e. The molecule has 0 N–H and O–H groups in total. The quantitative estimate of drug-likeness (QED) is 0.556. The third-order valence-electron chi connectivity index (χ3n) is 3.56. The minimum absolute atomic E-state index is 0.0390. The molecule has 0 heterocycles. The molecule has 0 amide bonds. The molecule has 0 saturated heterocycles. The van der Waals surface area contributed by atoms with Gasteiger partial charge in [0.25, 0.3) is 0 Å². The molecule has 0 spiro atoms. The Kier molecular flexibility index (Phi) is 3.71. The third-order valence-corrected chi connectivity index (χ3v) is 4.12. The number of aryl methyl sites for hydroxylation is 1. The summed E-state index contributed by atoms with van der Waals surface area (Å²) in [5.74, 6) is -0.0390. The van der Waals surface area contributed by atoms with Gasteiger partial charge in [-0.3, -0.25) is 4.79 Å². The first-order valence-corrected chi connectivity index (χ1v) is 7.31. The molecule has 3 heteroatoms. The van der Waals surface area contributed by atoms with Crippen molar-refractivity contribution in [2.24, 2.45) is 0 Å². The number of ketones is 1. The first-order valence-electron chi connectivity index (χ1n) is 6.56. The summed E-state index contributed by atoms with van der Waals surface area (Å²) in [7, 11) is 0. The van der Waals surface area contributed by atoms with E-state index in [1.54, 1.807) is 24.3 Å². The van der Waals surface area contributed by atoms with Crippen LogP contribution in [0.1, 0.15) is 21.5 Å². The van der Waals surface area contributed by atoms with Gasteiger partial charge in [-0.25, -0.2) is 0 Å². The molecule has 0 saturated carbocycles. The molecule has 0 fully saturated rings. The van der Waals surface area contributed by atoms with Crippen LogP contribution < -0.4 is 0 Å². The van der Waals surface area contributed by atoms with Crippen molar-refractivity contribution in [1.82, 2.24) is 0 Å². The highest BCUT2D eigenvalue weighted by Crippen LogP contribution is 2.29. The molecule has 3 aromatic rings. The van der Waals surface area contributed by atoms with Gasteiger partial charge in [0.1, 0.15) is 0 Å². The highest BCUT2D eigenvalue weighted by Gasteiger charge is 2.16. The normalized spacial score (nSPS) is 10.8. The van der Waals surface area contributed by atoms with Crippen LogP contribution in [0, 0.1) is 6.92 Å². The van der Waals surface area contributed by atoms with Crippen molar-refractivity contribution in [3.63, 3.8) is 0 Å². The van der Waals surface area contributed by atoms with Gasteiger partial charge in [-0.2, -0.15) is 0 Å². The van der Waals surface area contributed by atoms with E-state index in [-0.39, 0.29) is 5.78 Å². The maximum Gasteiger partial charge on any atom is 0.193 e. The number of carbonyl (C=O) groups excluding carboxylic acids is 1. The fraction of sp³-hybridized carbons (Fsp3) is 0.0556. The smallest absolute Gasteiger partial charge is 0.193 e. The van der Waals surface area contributed by atoms with Crippen LogP contribution in [0.25, 0.3) is 10.8 Å². The second kappa shape index (κ2) is 5.51. The highest BCUT2D eigenvalue weighted by atomic mass is 35.5. The van der Waals surface area contributed by atoms with Crippen LogP contribution in [0.2, 0.25) is 10.0 Å². The first kappa shape index (κ1) is 14.1. The molecule has 0 aromatic heterocycles. The average Bonchev–Trinajstić information content (AvgIpc) is 2.50. The van der Waals surface area contributed by atoms with Crippen molar-refractivity contribution < 1.29 is 4.79 Å². The second-order valence-corrected chi connectivity index (χ2v) is 5.77. The predicted octanol–water partition coefficient (Wildman–Crippen LogP) is 5.69. The van der Waals surface area contributed by atoms with Crippen LogP contribution in [-0.4, -0.2) is 5.78 Å². The monoisotopic (exact) mass is 314 g/mol. The van der Waals surface area contributed by atoms with Crippen LogP contribution in [0.3, 0.4) is 0 Å². The van der Waals surface area contributed by atoms with E-state index in [4.69, 9.17) is 23.2 Å². The van der Waals surface area contributed by atoms with Gasteiger partial charge in [-0.15, -0.1) is 0 Å². The van der Waals surface area contributed by atoms with E-state index in [2.05, 4.69) is 0 Å². The highest BCUT2D eigenvalue weighted by molar-refractivity contribution is 6.36. The number of hydrogen-bond donors (Lipinski definition) is 0. The number of rotatable bonds is 2. The zero-order valence-electron chi connectivity index (χ0n) is 11.4. The maximum atomic E-state index is 12.8. The molecular weight excluding hydrogens is 303 g/mol. The standard InChI is InChI=1S/C18H12Cl2O/c1-11-6-7-12(19)10-16(11)18(21)15-8-9-17(20)14-5-3-2-4-13(14)15/h2-10H,1H3. The van der Waals surface area contributed by atoms with Crippen molar-refractivity contribution in [2.75, 3.05) is 0 Å². The van der Waals surface area contributed by atoms with Gasteiger partial charge in [-0.05, 0) is 42.1 Å². The zero-order valence-corrected chi connectivity index (χ0v) is 12.9. The Bertz CT molecular complexity index is 853. The molecule has 1 nitrogen and oxygen atoms in total. The molecule has 0 unspecified atom stereocenters. The Morgan fingerprint density at radius 3 is 2.33 bits per heavy atom. The van der Waals surface area contributed by atoms with Crippen molar-refractivity contribution in [3.8, 4) is 0 Å². The fourth-order valence-electron chi connectivity index (χ4n) is 2.44. The molecular formula is C18H12Cl2O. The topological polar surface area (TPSA) is 17.1 Å². The van der Waals surface area contributed by atoms with Gasteiger partial charge in [0, 0.05) is 26.6 Å². The molecule has 0 aliphatic heterocycles. The van der Waals surface area contributed by atoms with Crippen molar-refractivity contribution >= 4 is 39.8 Å². The summed E-state index contributed by atoms with van der Waals surface area (Å²) < 4.78 is 0. The van der Waals surface area contributed by atoms with E-state index in [0.29, 0.717) is 21.2 Å². The van der Waals surface area contributed by atoms with Crippen LogP contribution >= 0.6 is 23.2 Å². The van der Waals surface area contributed by atoms with Crippen molar-refractivity contribution in [2.45, 2.75) is 6.92 Å². The van der Waals surface area contributed by atoms with E-state index in [0.717, 1.165) is 16.3 Å². The summed E-state index contributed by atoms with van der Waals surface area (Å²) in [4.78, 5) is 12.8. The van der Waals surface area contributed by atoms with E-state index in [9.17, 15) is 4.79 Å². The first-order chi connectivity index (χ1) is 10.1. The molecule has 0 aliphatic rings. The zero-order chi connectivity index (χ0) is 15.0. The van der Waals surface area contributed by atoms with E-state index >= 15 is 0 Å². The average molecular weight is 315 g/mol. The number of carbonyl (C=O) groups is 1. The summed E-state index contributed by atoms with van der Waals surface area (Å²) in [6, 6.07) is 16.5. The summed E-state index contributed by atoms with van der Waals surface area (Å²) in [6.45, 7) is 1.90. The van der Waals surface area contributed by atoms with Gasteiger partial charge in [0.2, 0.25) is 0 Å². The molecule has 104 valence electrons. The minimum Gasteiger partial charge on any atom is -0.289 e. The summed E-state index contributed by atoms with van der Waals surface area (Å²) >= 11 is 12.2. The van der Waals surface area contributed by atoms with Crippen LogP contribution in [-0.2, 0) is 0 Å². The van der Waals surface area contributed by atoms with Gasteiger partial charge < -0.3 is 0 Å². The molecule has 0 bridgehead atoms. The van der Waals surface area contributed by atoms with Crippen LogP contribution in [0.5, 0.6) is 0 Å². The summed E-state index contributed by atoms with van der Waals surface area (Å²) in [5, 5.41) is 2.94. The Labute approximate surface area is 133 Å². The molecule has 0 radical (unpaired) electrons. The lowest BCUT2D eigenvalue weighted by atomic mass is 9.95. The molecule has 0 atom stereocenters. The Morgan fingerprint density at radius 1 is 0.857 bits per heavy atom. The van der Waals surface area contributed by atoms with Gasteiger partial charge >= 0.3 is 0 Å². The van der Waals surface area contributed by atoms with Gasteiger partial charge in [0.05, 0.1) is 0 Å². The molecule has 3 aromatic carbocycles. The van der Waals surface area contributed by atoms with Crippen molar-refractivity contribution in [1.29, 1.82) is 0 Å². The van der Waals surface area contributed by atoms with Crippen LogP contribution in [0.15, 0.2) is 54.6 Å². The van der Waals surface area contributed by atoms with E-state index in [1.807, 2.05) is 37.3 Å². The summed E-state index contributed by atoms with van der Waals surface area (Å²) in [6.07, 6.45) is 0. The number of hydrogen-bond acceptors (Lipinski definition) is 1. The third kappa shape index (κ3) is 2.55. The Hall–Kier alpha value is -1.83. The second-order valence-electron chi connectivity index (χ2n) is 4.93. The fourth-order valence-corrected chi connectivity index (χ4v) is 2.84. The number of halogens is 2. The SMILES string of the molecule is Cc1ccc(Cl)cc1C(=O)c1ccc(Cl)c2ccccc12. The lowest BCUT2D eigenvalue weighted by molar-refractivity contribution is 0.103. The Balaban J connectivity index is 2.23. The van der Waals surface area contributed by atoms with Gasteiger partial charge in [0.15, 0.2) is 5.78 Å². The minimum atomic E-state index is -0.0390. The lowest BCUT2D eigenvalue weighted by Gasteiger charge is -2.09. The van der Waals surface area contributed by atoms with E-state index < -0.39 is 0 Å². The van der Waals surface area contributed by atoms with Crippen molar-refractivity contribution in [3.05, 3.63) is 81.3 Å².